The van der Waals surface area contributed by atoms with Crippen molar-refractivity contribution in [2.75, 3.05) is 6.61 Å². The van der Waals surface area contributed by atoms with E-state index in [9.17, 15) is 0 Å². The average Bonchev–Trinajstić information content (AvgIpc) is 3.10. The van der Waals surface area contributed by atoms with Crippen molar-refractivity contribution in [2.45, 2.75) is 57.0 Å². The number of amidine groups is 1. The molecule has 3 heterocycles. The van der Waals surface area contributed by atoms with Crippen LogP contribution in [0.1, 0.15) is 38.7 Å². The molecule has 1 aromatic heterocycles. The fourth-order valence-corrected chi connectivity index (χ4v) is 5.29. The maximum absolute atomic E-state index is 6.46. The molecule has 7 heteroatoms. The first-order valence-corrected chi connectivity index (χ1v) is 10.9. The Hall–Kier alpha value is -2.31. The smallest absolute Gasteiger partial charge is 0.283 e. The molecule has 30 heavy (non-hydrogen) atoms. The second-order valence-corrected chi connectivity index (χ2v) is 9.08. The Morgan fingerprint density at radius 1 is 1.20 bits per heavy atom. The molecule has 0 amide bonds. The fourth-order valence-electron chi connectivity index (χ4n) is 5.11. The first kappa shape index (κ1) is 19.6. The summed E-state index contributed by atoms with van der Waals surface area (Å²) in [5.74, 6) is 0.983. The molecule has 4 atom stereocenters. The summed E-state index contributed by atoms with van der Waals surface area (Å²) in [6.07, 6.45) is 6.66. The molecule has 0 radical (unpaired) electrons. The van der Waals surface area contributed by atoms with Gasteiger partial charge < -0.3 is 19.9 Å². The Kier molecular flexibility index (Phi) is 4.86. The van der Waals surface area contributed by atoms with Crippen molar-refractivity contribution in [1.82, 2.24) is 4.98 Å². The molecule has 1 aliphatic carbocycles. The van der Waals surface area contributed by atoms with Crippen molar-refractivity contribution in [1.29, 1.82) is 0 Å². The number of benzene rings is 1. The Morgan fingerprint density at radius 3 is 2.80 bits per heavy atom. The van der Waals surface area contributed by atoms with E-state index in [0.29, 0.717) is 11.6 Å². The van der Waals surface area contributed by atoms with Gasteiger partial charge in [0.05, 0.1) is 17.2 Å². The highest BCUT2D eigenvalue weighted by Crippen LogP contribution is 2.53. The standard InChI is InChI=1S/C23H26ClN3O3/c1-13(2)29-17-4-6-21-19(9-17)23(12-28-22(25)27-23)18-8-14(3-5-20(18)30-21)15-7-16(24)11-26-10-15/h3,5,7-8,10-11,13,17,19,21H,4,6,9,12H2,1-2H3,(H2,25,27)/t17-,19?,21-,23?/m0/s1. The number of nitrogens with zero attached hydrogens (tertiary/aromatic N) is 2. The van der Waals surface area contributed by atoms with Crippen LogP contribution in [-0.4, -0.2) is 35.9 Å². The first-order valence-electron chi connectivity index (χ1n) is 10.5. The van der Waals surface area contributed by atoms with Crippen LogP contribution in [0.4, 0.5) is 0 Å². The molecular formula is C23H26ClN3O3. The Bertz CT molecular complexity index is 995. The Labute approximate surface area is 181 Å². The van der Waals surface area contributed by atoms with Gasteiger partial charge in [0.25, 0.3) is 6.02 Å². The molecule has 3 aliphatic rings. The highest BCUT2D eigenvalue weighted by Gasteiger charge is 2.55. The predicted molar refractivity (Wildman–Crippen MR) is 116 cm³/mol. The largest absolute Gasteiger partial charge is 0.490 e. The molecule has 2 N–H and O–H groups in total. The second-order valence-electron chi connectivity index (χ2n) is 8.65. The highest BCUT2D eigenvalue weighted by atomic mass is 35.5. The van der Waals surface area contributed by atoms with Gasteiger partial charge in [-0.05, 0) is 56.9 Å². The van der Waals surface area contributed by atoms with Gasteiger partial charge >= 0.3 is 0 Å². The lowest BCUT2D eigenvalue weighted by molar-refractivity contribution is -0.0791. The minimum Gasteiger partial charge on any atom is -0.490 e. The number of aliphatic imine (C=N–C) groups is 1. The molecule has 1 saturated carbocycles. The van der Waals surface area contributed by atoms with Crippen LogP contribution in [0.25, 0.3) is 11.1 Å². The van der Waals surface area contributed by atoms with E-state index in [4.69, 9.17) is 36.5 Å². The zero-order chi connectivity index (χ0) is 20.9. The number of hydrogen-bond donors (Lipinski definition) is 1. The molecular weight excluding hydrogens is 402 g/mol. The number of ether oxygens (including phenoxy) is 3. The van der Waals surface area contributed by atoms with Gasteiger partial charge in [-0.1, -0.05) is 17.7 Å². The van der Waals surface area contributed by atoms with Crippen LogP contribution in [0.2, 0.25) is 5.02 Å². The van der Waals surface area contributed by atoms with E-state index in [-0.39, 0.29) is 30.3 Å². The van der Waals surface area contributed by atoms with Gasteiger partial charge in [0.1, 0.15) is 24.0 Å². The van der Waals surface area contributed by atoms with Gasteiger partial charge in [0, 0.05) is 29.4 Å². The minimum absolute atomic E-state index is 0.0708. The number of nitrogens with two attached hydrogens (primary N) is 1. The molecule has 2 unspecified atom stereocenters. The highest BCUT2D eigenvalue weighted by molar-refractivity contribution is 6.30. The van der Waals surface area contributed by atoms with E-state index in [0.717, 1.165) is 41.7 Å². The van der Waals surface area contributed by atoms with E-state index in [2.05, 4.69) is 24.9 Å². The van der Waals surface area contributed by atoms with Crippen LogP contribution < -0.4 is 10.5 Å². The molecule has 0 bridgehead atoms. The molecule has 1 fully saturated rings. The summed E-state index contributed by atoms with van der Waals surface area (Å²) in [5, 5.41) is 0.601. The van der Waals surface area contributed by atoms with E-state index < -0.39 is 5.54 Å². The third kappa shape index (κ3) is 3.32. The number of halogens is 1. The van der Waals surface area contributed by atoms with Crippen molar-refractivity contribution in [3.63, 3.8) is 0 Å². The van der Waals surface area contributed by atoms with Gasteiger partial charge in [0.2, 0.25) is 0 Å². The van der Waals surface area contributed by atoms with E-state index in [1.165, 1.54) is 0 Å². The van der Waals surface area contributed by atoms with Gasteiger partial charge in [-0.15, -0.1) is 0 Å². The molecule has 5 rings (SSSR count). The normalized spacial score (nSPS) is 29.7. The van der Waals surface area contributed by atoms with Crippen molar-refractivity contribution in [2.24, 2.45) is 16.6 Å². The summed E-state index contributed by atoms with van der Waals surface area (Å²) in [6.45, 7) is 4.57. The maximum Gasteiger partial charge on any atom is 0.283 e. The summed E-state index contributed by atoms with van der Waals surface area (Å²) < 4.78 is 18.4. The summed E-state index contributed by atoms with van der Waals surface area (Å²) >= 11 is 6.17. The lowest BCUT2D eigenvalue weighted by atomic mass is 9.67. The fraction of sp³-hybridized carbons (Fsp3) is 0.478. The SMILES string of the molecule is CC(C)O[C@H]1CC[C@@H]2Oc3ccc(-c4cncc(Cl)c4)cc3C3(COC(N)=N3)C2C1. The van der Waals surface area contributed by atoms with Crippen LogP contribution in [0, 0.1) is 5.92 Å². The Balaban J connectivity index is 1.59. The van der Waals surface area contributed by atoms with Crippen LogP contribution >= 0.6 is 11.6 Å². The quantitative estimate of drug-likeness (QED) is 0.790. The average molecular weight is 428 g/mol. The Morgan fingerprint density at radius 2 is 2.07 bits per heavy atom. The zero-order valence-corrected chi connectivity index (χ0v) is 17.9. The summed E-state index contributed by atoms with van der Waals surface area (Å²) in [6, 6.07) is 8.33. The van der Waals surface area contributed by atoms with Gasteiger partial charge in [0.15, 0.2) is 0 Å². The van der Waals surface area contributed by atoms with Crippen molar-refractivity contribution in [3.8, 4) is 16.9 Å². The number of aromatic nitrogens is 1. The van der Waals surface area contributed by atoms with E-state index in [1.807, 2.05) is 24.4 Å². The summed E-state index contributed by atoms with van der Waals surface area (Å²) in [7, 11) is 0. The molecule has 2 aromatic rings. The third-order valence-electron chi connectivity index (χ3n) is 6.33. The monoisotopic (exact) mass is 427 g/mol. The molecule has 2 aliphatic heterocycles. The molecule has 0 saturated heterocycles. The lowest BCUT2D eigenvalue weighted by Gasteiger charge is -2.48. The summed E-state index contributed by atoms with van der Waals surface area (Å²) in [4.78, 5) is 9.09. The van der Waals surface area contributed by atoms with Crippen LogP contribution in [0.15, 0.2) is 41.7 Å². The molecule has 1 aromatic carbocycles. The molecule has 6 nitrogen and oxygen atoms in total. The van der Waals surface area contributed by atoms with E-state index >= 15 is 0 Å². The molecule has 1 spiro atoms. The second kappa shape index (κ2) is 7.43. The third-order valence-corrected chi connectivity index (χ3v) is 6.54. The van der Waals surface area contributed by atoms with Gasteiger partial charge in [-0.25, -0.2) is 4.99 Å². The van der Waals surface area contributed by atoms with E-state index in [1.54, 1.807) is 6.20 Å². The number of rotatable bonds is 3. The first-order chi connectivity index (χ1) is 14.4. The zero-order valence-electron chi connectivity index (χ0n) is 17.2. The number of hydrogen-bond acceptors (Lipinski definition) is 6. The number of pyridine rings is 1. The lowest BCUT2D eigenvalue weighted by Crippen LogP contribution is -2.52. The number of fused-ring (bicyclic) bond motifs is 4. The van der Waals surface area contributed by atoms with Crippen molar-refractivity contribution >= 4 is 17.6 Å². The minimum atomic E-state index is -0.566. The topological polar surface area (TPSA) is 79.0 Å². The maximum atomic E-state index is 6.46. The van der Waals surface area contributed by atoms with Crippen LogP contribution in [0.5, 0.6) is 5.75 Å². The van der Waals surface area contributed by atoms with Crippen molar-refractivity contribution in [3.05, 3.63) is 47.2 Å². The predicted octanol–water partition coefficient (Wildman–Crippen LogP) is 4.30. The summed E-state index contributed by atoms with van der Waals surface area (Å²) in [5.41, 5.74) is 8.43. The van der Waals surface area contributed by atoms with Gasteiger partial charge in [-0.3, -0.25) is 4.98 Å². The molecule has 158 valence electrons. The van der Waals surface area contributed by atoms with Crippen LogP contribution in [-0.2, 0) is 15.0 Å². The van der Waals surface area contributed by atoms with Crippen molar-refractivity contribution < 1.29 is 14.2 Å². The van der Waals surface area contributed by atoms with Crippen LogP contribution in [0.3, 0.4) is 0 Å². The van der Waals surface area contributed by atoms with Gasteiger partial charge in [-0.2, -0.15) is 0 Å².